The molecule has 0 saturated carbocycles. The van der Waals surface area contributed by atoms with Crippen LogP contribution in [0.3, 0.4) is 0 Å². The molecule has 6 heteroatoms. The normalized spacial score (nSPS) is 13.2. The lowest BCUT2D eigenvalue weighted by atomic mass is 10.1. The van der Waals surface area contributed by atoms with Gasteiger partial charge in [-0.2, -0.15) is 4.31 Å². The van der Waals surface area contributed by atoms with Crippen molar-refractivity contribution in [2.75, 3.05) is 19.6 Å². The summed E-state index contributed by atoms with van der Waals surface area (Å²) < 4.78 is 27.3. The maximum atomic E-state index is 13.0. The minimum absolute atomic E-state index is 0.0751. The topological polar surface area (TPSA) is 69.6 Å². The van der Waals surface area contributed by atoms with E-state index in [9.17, 15) is 13.5 Å². The molecule has 0 aliphatic carbocycles. The maximum Gasteiger partial charge on any atom is 0.243 e. The van der Waals surface area contributed by atoms with Crippen molar-refractivity contribution in [3.05, 3.63) is 66.2 Å². The summed E-state index contributed by atoms with van der Waals surface area (Å²) in [5, 5.41) is 13.6. The lowest BCUT2D eigenvalue weighted by molar-refractivity contribution is 0.141. The molecular formula is C21H30N2O3S. The Labute approximate surface area is 163 Å². The van der Waals surface area contributed by atoms with Gasteiger partial charge < -0.3 is 10.4 Å². The van der Waals surface area contributed by atoms with E-state index in [0.717, 1.165) is 12.0 Å². The number of aliphatic hydroxyl groups excluding tert-OH is 1. The van der Waals surface area contributed by atoms with E-state index in [2.05, 4.69) is 19.2 Å². The summed E-state index contributed by atoms with van der Waals surface area (Å²) in [5.41, 5.74) is 1.12. The molecule has 27 heavy (non-hydrogen) atoms. The Bertz CT molecular complexity index is 765. The first-order valence-corrected chi connectivity index (χ1v) is 10.8. The van der Waals surface area contributed by atoms with E-state index in [1.165, 1.54) is 4.31 Å². The maximum absolute atomic E-state index is 13.0. The summed E-state index contributed by atoms with van der Waals surface area (Å²) in [5.74, 6) is 0.381. The molecule has 148 valence electrons. The monoisotopic (exact) mass is 390 g/mol. The van der Waals surface area contributed by atoms with E-state index < -0.39 is 16.1 Å². The lowest BCUT2D eigenvalue weighted by Gasteiger charge is -2.25. The van der Waals surface area contributed by atoms with Crippen LogP contribution in [0.15, 0.2) is 65.6 Å². The highest BCUT2D eigenvalue weighted by atomic mass is 32.2. The van der Waals surface area contributed by atoms with Gasteiger partial charge in [0.05, 0.1) is 11.0 Å². The second-order valence-electron chi connectivity index (χ2n) is 7.13. The van der Waals surface area contributed by atoms with Crippen molar-refractivity contribution < 1.29 is 13.5 Å². The number of nitrogens with one attached hydrogen (secondary N) is 1. The molecule has 0 heterocycles. The van der Waals surface area contributed by atoms with Gasteiger partial charge in [-0.05, 0) is 30.0 Å². The van der Waals surface area contributed by atoms with Gasteiger partial charge in [-0.15, -0.1) is 0 Å². The molecule has 2 aromatic carbocycles. The van der Waals surface area contributed by atoms with Crippen LogP contribution in [0, 0.1) is 5.92 Å². The average molecular weight is 391 g/mol. The van der Waals surface area contributed by atoms with Crippen LogP contribution in [0.1, 0.15) is 25.8 Å². The third-order valence-corrected chi connectivity index (χ3v) is 6.18. The minimum Gasteiger partial charge on any atom is -0.390 e. The molecule has 2 rings (SSSR count). The fraction of sp³-hybridized carbons (Fsp3) is 0.429. The van der Waals surface area contributed by atoms with Gasteiger partial charge in [-0.1, -0.05) is 62.4 Å². The van der Waals surface area contributed by atoms with Gasteiger partial charge in [0, 0.05) is 26.2 Å². The Morgan fingerprint density at radius 3 is 2.19 bits per heavy atom. The number of aliphatic hydroxyl groups is 1. The number of hydrogen-bond acceptors (Lipinski definition) is 4. The van der Waals surface area contributed by atoms with Crippen molar-refractivity contribution >= 4 is 10.0 Å². The zero-order valence-corrected chi connectivity index (χ0v) is 16.9. The number of hydrogen-bond donors (Lipinski definition) is 2. The smallest absolute Gasteiger partial charge is 0.243 e. The number of benzene rings is 2. The van der Waals surface area contributed by atoms with E-state index in [0.29, 0.717) is 25.6 Å². The summed E-state index contributed by atoms with van der Waals surface area (Å²) in [7, 11) is -3.62. The molecule has 5 nitrogen and oxygen atoms in total. The fourth-order valence-corrected chi connectivity index (χ4v) is 4.25. The minimum atomic E-state index is -3.62. The van der Waals surface area contributed by atoms with Crippen LogP contribution in [-0.2, 0) is 16.6 Å². The first-order valence-electron chi connectivity index (χ1n) is 9.37. The second-order valence-corrected chi connectivity index (χ2v) is 9.07. The Hall–Kier alpha value is -1.73. The van der Waals surface area contributed by atoms with Crippen molar-refractivity contribution in [3.8, 4) is 0 Å². The Morgan fingerprint density at radius 1 is 1.00 bits per heavy atom. The quantitative estimate of drug-likeness (QED) is 0.619. The third kappa shape index (κ3) is 7.07. The Kier molecular flexibility index (Phi) is 8.44. The van der Waals surface area contributed by atoms with E-state index in [1.807, 2.05) is 30.3 Å². The summed E-state index contributed by atoms with van der Waals surface area (Å²) in [6.07, 6.45) is -0.0321. The average Bonchev–Trinajstić information content (AvgIpc) is 2.66. The largest absolute Gasteiger partial charge is 0.390 e. The number of sulfonamides is 1. The van der Waals surface area contributed by atoms with Crippen molar-refractivity contribution in [1.29, 1.82) is 0 Å². The summed E-state index contributed by atoms with van der Waals surface area (Å²) >= 11 is 0. The van der Waals surface area contributed by atoms with Gasteiger partial charge in [0.25, 0.3) is 0 Å². The van der Waals surface area contributed by atoms with Crippen LogP contribution >= 0.6 is 0 Å². The van der Waals surface area contributed by atoms with Crippen molar-refractivity contribution in [3.63, 3.8) is 0 Å². The van der Waals surface area contributed by atoms with E-state index in [1.54, 1.807) is 30.3 Å². The van der Waals surface area contributed by atoms with Gasteiger partial charge in [0.1, 0.15) is 0 Å². The van der Waals surface area contributed by atoms with E-state index >= 15 is 0 Å². The van der Waals surface area contributed by atoms with Crippen LogP contribution in [0.4, 0.5) is 0 Å². The summed E-state index contributed by atoms with van der Waals surface area (Å²) in [6, 6.07) is 18.3. The number of rotatable bonds is 11. The zero-order chi connectivity index (χ0) is 19.7. The highest BCUT2D eigenvalue weighted by Gasteiger charge is 2.26. The molecule has 0 bridgehead atoms. The first kappa shape index (κ1) is 21.6. The van der Waals surface area contributed by atoms with E-state index in [4.69, 9.17) is 0 Å². The SMILES string of the molecule is CC(C)CCN(C[C@H](O)CNCc1ccccc1)S(=O)(=O)c1ccccc1. The van der Waals surface area contributed by atoms with Gasteiger partial charge in [-0.3, -0.25) is 0 Å². The first-order chi connectivity index (χ1) is 12.9. The van der Waals surface area contributed by atoms with Gasteiger partial charge in [0.15, 0.2) is 0 Å². The lowest BCUT2D eigenvalue weighted by Crippen LogP contribution is -2.42. The number of nitrogens with zero attached hydrogens (tertiary/aromatic N) is 1. The van der Waals surface area contributed by atoms with Gasteiger partial charge >= 0.3 is 0 Å². The van der Waals surface area contributed by atoms with Crippen LogP contribution in [-0.4, -0.2) is 43.6 Å². The molecule has 2 aromatic rings. The van der Waals surface area contributed by atoms with Crippen LogP contribution < -0.4 is 5.32 Å². The molecule has 2 N–H and O–H groups in total. The highest BCUT2D eigenvalue weighted by molar-refractivity contribution is 7.89. The summed E-state index contributed by atoms with van der Waals surface area (Å²) in [6.45, 7) is 5.55. The molecule has 0 saturated heterocycles. The van der Waals surface area contributed by atoms with Crippen molar-refractivity contribution in [2.45, 2.75) is 37.8 Å². The molecule has 0 unspecified atom stereocenters. The molecular weight excluding hydrogens is 360 g/mol. The molecule has 0 aliphatic rings. The van der Waals surface area contributed by atoms with Gasteiger partial charge in [-0.25, -0.2) is 8.42 Å². The zero-order valence-electron chi connectivity index (χ0n) is 16.1. The van der Waals surface area contributed by atoms with Crippen LogP contribution in [0.25, 0.3) is 0 Å². The summed E-state index contributed by atoms with van der Waals surface area (Å²) in [4.78, 5) is 0.262. The second kappa shape index (κ2) is 10.6. The molecule has 0 aliphatic heterocycles. The van der Waals surface area contributed by atoms with Crippen LogP contribution in [0.5, 0.6) is 0 Å². The Morgan fingerprint density at radius 2 is 1.59 bits per heavy atom. The third-order valence-electron chi connectivity index (χ3n) is 4.30. The molecule has 1 atom stereocenters. The van der Waals surface area contributed by atoms with Crippen LogP contribution in [0.2, 0.25) is 0 Å². The van der Waals surface area contributed by atoms with E-state index in [-0.39, 0.29) is 11.4 Å². The highest BCUT2D eigenvalue weighted by Crippen LogP contribution is 2.17. The standard InChI is InChI=1S/C21H30N2O3S/c1-18(2)13-14-23(27(25,26)21-11-7-4-8-12-21)17-20(24)16-22-15-19-9-5-3-6-10-19/h3-12,18,20,22,24H,13-17H2,1-2H3/t20-/m1/s1. The molecule has 0 aromatic heterocycles. The Balaban J connectivity index is 1.98. The predicted molar refractivity (Wildman–Crippen MR) is 109 cm³/mol. The molecule has 0 radical (unpaired) electrons. The van der Waals surface area contributed by atoms with Crippen molar-refractivity contribution in [1.82, 2.24) is 9.62 Å². The van der Waals surface area contributed by atoms with Gasteiger partial charge in [0.2, 0.25) is 10.0 Å². The van der Waals surface area contributed by atoms with Crippen molar-refractivity contribution in [2.24, 2.45) is 5.92 Å². The molecule has 0 spiro atoms. The fourth-order valence-electron chi connectivity index (χ4n) is 2.73. The molecule has 0 amide bonds. The predicted octanol–water partition coefficient (Wildman–Crippen LogP) is 2.87. The molecule has 0 fully saturated rings.